The van der Waals surface area contributed by atoms with Crippen molar-refractivity contribution in [1.29, 1.82) is 0 Å². The molecule has 23 heavy (non-hydrogen) atoms. The molecular weight excluding hydrogens is 334 g/mol. The molecule has 0 aromatic carbocycles. The number of hydrogen-bond acceptors (Lipinski definition) is 6. The minimum atomic E-state index is -0.403. The Morgan fingerprint density at radius 1 is 1.26 bits per heavy atom. The molecule has 3 unspecified atom stereocenters. The number of anilines is 1. The van der Waals surface area contributed by atoms with Gasteiger partial charge in [-0.2, -0.15) is 0 Å². The maximum Gasteiger partial charge on any atom is 0.351 e. The molecule has 1 aromatic heterocycles. The number of ether oxygens (including phenoxy) is 1. The van der Waals surface area contributed by atoms with Crippen molar-refractivity contribution in [3.8, 4) is 0 Å². The third kappa shape index (κ3) is 2.85. The van der Waals surface area contributed by atoms with E-state index in [-0.39, 0.29) is 5.15 Å². The molecule has 1 aromatic rings. The molecule has 7 heteroatoms. The average Bonchev–Trinajstić information content (AvgIpc) is 3.29. The highest BCUT2D eigenvalue weighted by molar-refractivity contribution is 7.18. The van der Waals surface area contributed by atoms with Gasteiger partial charge >= 0.3 is 5.97 Å². The molecule has 3 aliphatic rings. The molecule has 3 fully saturated rings. The van der Waals surface area contributed by atoms with Gasteiger partial charge in [0, 0.05) is 32.2 Å². The fourth-order valence-corrected chi connectivity index (χ4v) is 5.80. The van der Waals surface area contributed by atoms with Gasteiger partial charge in [-0.25, -0.2) is 9.78 Å². The first kappa shape index (κ1) is 15.7. The lowest BCUT2D eigenvalue weighted by Crippen LogP contribution is -2.51. The van der Waals surface area contributed by atoms with E-state index in [2.05, 4.69) is 14.8 Å². The Kier molecular flexibility index (Phi) is 4.24. The Labute approximate surface area is 145 Å². The van der Waals surface area contributed by atoms with Crippen molar-refractivity contribution >= 4 is 34.0 Å². The standard InChI is InChI=1S/C16H22ClN3O2S/c1-22-15(21)13-14(17)18-16(23-13)20-6-4-19(5-7-20)12-9-10-2-3-11(12)8-10/h10-12H,2-9H2,1H3. The number of halogens is 1. The van der Waals surface area contributed by atoms with E-state index in [9.17, 15) is 4.79 Å². The zero-order chi connectivity index (χ0) is 16.0. The number of thiazole rings is 1. The highest BCUT2D eigenvalue weighted by Gasteiger charge is 2.42. The predicted molar refractivity (Wildman–Crippen MR) is 91.5 cm³/mol. The maximum atomic E-state index is 11.7. The first-order chi connectivity index (χ1) is 11.2. The molecule has 3 atom stereocenters. The normalized spacial score (nSPS) is 30.9. The molecule has 0 N–H and O–H groups in total. The van der Waals surface area contributed by atoms with Crippen LogP contribution in [-0.4, -0.2) is 55.2 Å². The van der Waals surface area contributed by atoms with Gasteiger partial charge in [0.1, 0.15) is 0 Å². The second-order valence-corrected chi connectivity index (χ2v) is 8.21. The van der Waals surface area contributed by atoms with Gasteiger partial charge in [-0.15, -0.1) is 0 Å². The quantitative estimate of drug-likeness (QED) is 0.780. The number of methoxy groups -OCH3 is 1. The van der Waals surface area contributed by atoms with E-state index in [4.69, 9.17) is 16.3 Å². The molecule has 2 bridgehead atoms. The molecule has 0 amide bonds. The SMILES string of the molecule is COC(=O)c1sc(N2CCN(C3CC4CCC3C4)CC2)nc1Cl. The lowest BCUT2D eigenvalue weighted by Gasteiger charge is -2.40. The van der Waals surface area contributed by atoms with E-state index >= 15 is 0 Å². The van der Waals surface area contributed by atoms with Gasteiger partial charge in [-0.05, 0) is 31.1 Å². The van der Waals surface area contributed by atoms with Gasteiger partial charge < -0.3 is 9.64 Å². The number of rotatable bonds is 3. The Hall–Kier alpha value is -0.850. The zero-order valence-electron chi connectivity index (χ0n) is 13.3. The summed E-state index contributed by atoms with van der Waals surface area (Å²) in [5.41, 5.74) is 0. The summed E-state index contributed by atoms with van der Waals surface area (Å²) in [4.78, 5) is 21.3. The summed E-state index contributed by atoms with van der Waals surface area (Å²) in [6.45, 7) is 4.08. The van der Waals surface area contributed by atoms with Crippen molar-refractivity contribution in [3.05, 3.63) is 10.0 Å². The van der Waals surface area contributed by atoms with Crippen LogP contribution in [0.3, 0.4) is 0 Å². The number of esters is 1. The minimum Gasteiger partial charge on any atom is -0.465 e. The summed E-state index contributed by atoms with van der Waals surface area (Å²) in [5, 5.41) is 1.09. The van der Waals surface area contributed by atoms with E-state index < -0.39 is 5.97 Å². The summed E-state index contributed by atoms with van der Waals surface area (Å²) in [6.07, 6.45) is 5.74. The highest BCUT2D eigenvalue weighted by Crippen LogP contribution is 2.46. The molecule has 2 saturated carbocycles. The largest absolute Gasteiger partial charge is 0.465 e. The molecule has 1 aliphatic heterocycles. The zero-order valence-corrected chi connectivity index (χ0v) is 14.9. The molecule has 126 valence electrons. The summed E-state index contributed by atoms with van der Waals surface area (Å²) >= 11 is 7.41. The van der Waals surface area contributed by atoms with E-state index in [0.717, 1.165) is 49.2 Å². The summed E-state index contributed by atoms with van der Waals surface area (Å²) < 4.78 is 4.75. The van der Waals surface area contributed by atoms with Gasteiger partial charge in [0.15, 0.2) is 15.2 Å². The van der Waals surface area contributed by atoms with E-state index in [1.54, 1.807) is 0 Å². The van der Waals surface area contributed by atoms with Crippen LogP contribution in [0.2, 0.25) is 5.15 Å². The average molecular weight is 356 g/mol. The van der Waals surface area contributed by atoms with Crippen molar-refractivity contribution in [2.45, 2.75) is 31.7 Å². The molecule has 5 nitrogen and oxygen atoms in total. The van der Waals surface area contributed by atoms with E-state index in [0.29, 0.717) is 4.88 Å². The van der Waals surface area contributed by atoms with Gasteiger partial charge in [0.2, 0.25) is 0 Å². The van der Waals surface area contributed by atoms with Crippen LogP contribution in [0, 0.1) is 11.8 Å². The van der Waals surface area contributed by atoms with Crippen molar-refractivity contribution in [3.63, 3.8) is 0 Å². The molecule has 1 saturated heterocycles. The predicted octanol–water partition coefficient (Wildman–Crippen LogP) is 2.89. The lowest BCUT2D eigenvalue weighted by molar-refractivity contribution is 0.0606. The fraction of sp³-hybridized carbons (Fsp3) is 0.750. The van der Waals surface area contributed by atoms with Crippen LogP contribution in [0.25, 0.3) is 0 Å². The number of piperazine rings is 1. The van der Waals surface area contributed by atoms with Crippen LogP contribution in [0.1, 0.15) is 35.4 Å². The van der Waals surface area contributed by atoms with E-state index in [1.165, 1.54) is 44.1 Å². The molecular formula is C16H22ClN3O2S. The second kappa shape index (κ2) is 6.22. The van der Waals surface area contributed by atoms with Crippen LogP contribution in [0.15, 0.2) is 0 Å². The molecule has 4 rings (SSSR count). The molecule has 0 spiro atoms. The van der Waals surface area contributed by atoms with Crippen LogP contribution in [-0.2, 0) is 4.74 Å². The summed E-state index contributed by atoms with van der Waals surface area (Å²) in [7, 11) is 1.37. The topological polar surface area (TPSA) is 45.7 Å². The lowest BCUT2D eigenvalue weighted by atomic mass is 9.93. The Balaban J connectivity index is 1.39. The third-order valence-corrected chi connectivity index (χ3v) is 7.18. The maximum absolute atomic E-state index is 11.7. The van der Waals surface area contributed by atoms with Gasteiger partial charge in [-0.3, -0.25) is 4.90 Å². The first-order valence-corrected chi connectivity index (χ1v) is 9.58. The molecule has 0 radical (unpaired) electrons. The Morgan fingerprint density at radius 3 is 2.65 bits per heavy atom. The van der Waals surface area contributed by atoms with Gasteiger partial charge in [-0.1, -0.05) is 29.4 Å². The van der Waals surface area contributed by atoms with Crippen molar-refractivity contribution in [2.24, 2.45) is 11.8 Å². The second-order valence-electron chi connectivity index (χ2n) is 6.87. The fourth-order valence-electron chi connectivity index (χ4n) is 4.55. The van der Waals surface area contributed by atoms with Gasteiger partial charge in [0.05, 0.1) is 7.11 Å². The van der Waals surface area contributed by atoms with Crippen molar-refractivity contribution in [2.75, 3.05) is 38.2 Å². The monoisotopic (exact) mass is 355 g/mol. The number of fused-ring (bicyclic) bond motifs is 2. The number of nitrogens with zero attached hydrogens (tertiary/aromatic N) is 3. The molecule has 2 heterocycles. The Bertz CT molecular complexity index is 600. The van der Waals surface area contributed by atoms with Crippen LogP contribution in [0.5, 0.6) is 0 Å². The van der Waals surface area contributed by atoms with E-state index in [1.807, 2.05) is 0 Å². The number of carbonyl (C=O) groups excluding carboxylic acids is 1. The van der Waals surface area contributed by atoms with Crippen molar-refractivity contribution < 1.29 is 9.53 Å². The third-order valence-electron chi connectivity index (χ3n) is 5.70. The Morgan fingerprint density at radius 2 is 2.04 bits per heavy atom. The number of aromatic nitrogens is 1. The number of carbonyl (C=O) groups is 1. The van der Waals surface area contributed by atoms with Crippen LogP contribution < -0.4 is 4.90 Å². The summed E-state index contributed by atoms with van der Waals surface area (Å²) in [6, 6.07) is 0.807. The first-order valence-electron chi connectivity index (χ1n) is 8.39. The van der Waals surface area contributed by atoms with Crippen molar-refractivity contribution in [1.82, 2.24) is 9.88 Å². The summed E-state index contributed by atoms with van der Waals surface area (Å²) in [5.74, 6) is 1.52. The number of hydrogen-bond donors (Lipinski definition) is 0. The minimum absolute atomic E-state index is 0.257. The smallest absolute Gasteiger partial charge is 0.351 e. The highest BCUT2D eigenvalue weighted by atomic mass is 35.5. The van der Waals surface area contributed by atoms with Crippen LogP contribution in [0.4, 0.5) is 5.13 Å². The van der Waals surface area contributed by atoms with Gasteiger partial charge in [0.25, 0.3) is 0 Å². The van der Waals surface area contributed by atoms with Crippen LogP contribution >= 0.6 is 22.9 Å². The molecule has 2 aliphatic carbocycles.